The lowest BCUT2D eigenvalue weighted by Gasteiger charge is -2.06. The van der Waals surface area contributed by atoms with E-state index < -0.39 is 20.8 Å². The van der Waals surface area contributed by atoms with E-state index in [4.69, 9.17) is 5.11 Å². The van der Waals surface area contributed by atoms with Crippen LogP contribution in [0.1, 0.15) is 18.9 Å². The smallest absolute Gasteiger partial charge is 0.240 e. The number of hydrogen-bond donors (Lipinski definition) is 2. The molecule has 1 aromatic rings. The van der Waals surface area contributed by atoms with Gasteiger partial charge < -0.3 is 5.11 Å². The molecular weight excluding hydrogens is 310 g/mol. The second kappa shape index (κ2) is 8.95. The minimum Gasteiger partial charge on any atom is -0.395 e. The standard InChI is InChI=1S/C14H19NO4S2/c1-2-20(17)12-10-15-21(18,19)14-8-6-13(7-9-14)5-3-4-11-16/h6-9,15-16H,2,4,10-12H2,1H3. The van der Waals surface area contributed by atoms with Gasteiger partial charge in [-0.1, -0.05) is 18.8 Å². The Kier molecular flexibility index (Phi) is 7.61. The molecule has 0 amide bonds. The van der Waals surface area contributed by atoms with Crippen LogP contribution in [0, 0.1) is 11.8 Å². The van der Waals surface area contributed by atoms with E-state index >= 15 is 0 Å². The van der Waals surface area contributed by atoms with Crippen molar-refractivity contribution in [3.63, 3.8) is 0 Å². The molecule has 2 N–H and O–H groups in total. The molecule has 0 saturated carbocycles. The van der Waals surface area contributed by atoms with Gasteiger partial charge in [-0.25, -0.2) is 13.1 Å². The summed E-state index contributed by atoms with van der Waals surface area (Å²) < 4.78 is 37.7. The van der Waals surface area contributed by atoms with Crippen LogP contribution >= 0.6 is 0 Å². The van der Waals surface area contributed by atoms with Crippen LogP contribution in [0.5, 0.6) is 0 Å². The summed E-state index contributed by atoms with van der Waals surface area (Å²) in [5, 5.41) is 8.62. The predicted molar refractivity (Wildman–Crippen MR) is 83.8 cm³/mol. The van der Waals surface area contributed by atoms with Crippen LogP contribution in [-0.2, 0) is 20.8 Å². The second-order valence-electron chi connectivity index (χ2n) is 4.13. The van der Waals surface area contributed by atoms with E-state index in [1.54, 1.807) is 19.1 Å². The predicted octanol–water partition coefficient (Wildman–Crippen LogP) is 0.467. The highest BCUT2D eigenvalue weighted by Gasteiger charge is 2.13. The average Bonchev–Trinajstić information content (AvgIpc) is 2.47. The number of rotatable bonds is 7. The summed E-state index contributed by atoms with van der Waals surface area (Å²) in [6.07, 6.45) is 0.385. The fourth-order valence-electron chi connectivity index (χ4n) is 1.46. The third-order valence-electron chi connectivity index (χ3n) is 2.58. The molecule has 1 unspecified atom stereocenters. The fraction of sp³-hybridized carbons (Fsp3) is 0.429. The summed E-state index contributed by atoms with van der Waals surface area (Å²) in [5.74, 6) is 6.41. The molecule has 0 heterocycles. The van der Waals surface area contributed by atoms with Gasteiger partial charge in [0, 0.05) is 40.8 Å². The summed E-state index contributed by atoms with van der Waals surface area (Å²) in [6.45, 7) is 1.95. The molecule has 21 heavy (non-hydrogen) atoms. The van der Waals surface area contributed by atoms with Crippen molar-refractivity contribution in [3.8, 4) is 11.8 Å². The van der Waals surface area contributed by atoms with Crippen LogP contribution in [0.3, 0.4) is 0 Å². The van der Waals surface area contributed by atoms with Gasteiger partial charge in [-0.3, -0.25) is 4.21 Å². The van der Waals surface area contributed by atoms with Crippen LogP contribution in [0.4, 0.5) is 0 Å². The van der Waals surface area contributed by atoms with Gasteiger partial charge in [-0.15, -0.1) is 0 Å². The molecule has 1 rings (SSSR count). The van der Waals surface area contributed by atoms with Crippen molar-refractivity contribution in [3.05, 3.63) is 29.8 Å². The molecule has 7 heteroatoms. The molecular formula is C14H19NO4S2. The molecule has 0 spiro atoms. The summed E-state index contributed by atoms with van der Waals surface area (Å²) in [5.41, 5.74) is 0.689. The Balaban J connectivity index is 2.67. The van der Waals surface area contributed by atoms with Gasteiger partial charge in [0.05, 0.1) is 11.5 Å². The van der Waals surface area contributed by atoms with Crippen LogP contribution in [0.25, 0.3) is 0 Å². The normalized spacial score (nSPS) is 12.5. The van der Waals surface area contributed by atoms with Crippen LogP contribution in [-0.4, -0.2) is 42.4 Å². The van der Waals surface area contributed by atoms with Gasteiger partial charge in [0.2, 0.25) is 10.0 Å². The van der Waals surface area contributed by atoms with E-state index in [0.29, 0.717) is 23.5 Å². The molecule has 1 aromatic carbocycles. The number of benzene rings is 1. The van der Waals surface area contributed by atoms with Crippen molar-refractivity contribution < 1.29 is 17.7 Å². The Bertz CT molecular complexity index is 627. The van der Waals surface area contributed by atoms with Crippen LogP contribution < -0.4 is 4.72 Å². The van der Waals surface area contributed by atoms with Crippen LogP contribution in [0.2, 0.25) is 0 Å². The Hall–Kier alpha value is -1.20. The lowest BCUT2D eigenvalue weighted by Crippen LogP contribution is -2.28. The first-order valence-corrected chi connectivity index (χ1v) is 9.51. The zero-order chi connectivity index (χ0) is 15.7. The Morgan fingerprint density at radius 3 is 2.52 bits per heavy atom. The first-order valence-electron chi connectivity index (χ1n) is 6.54. The van der Waals surface area contributed by atoms with E-state index in [1.165, 1.54) is 12.1 Å². The molecule has 116 valence electrons. The average molecular weight is 329 g/mol. The number of hydrogen-bond acceptors (Lipinski definition) is 4. The maximum absolute atomic E-state index is 12.0. The highest BCUT2D eigenvalue weighted by molar-refractivity contribution is 7.89. The van der Waals surface area contributed by atoms with Crippen LogP contribution in [0.15, 0.2) is 29.2 Å². The zero-order valence-corrected chi connectivity index (χ0v) is 13.5. The van der Waals surface area contributed by atoms with Crippen molar-refractivity contribution in [1.29, 1.82) is 0 Å². The summed E-state index contributed by atoms with van der Waals surface area (Å²) in [4.78, 5) is 0.150. The van der Waals surface area contributed by atoms with Gasteiger partial charge >= 0.3 is 0 Å². The lowest BCUT2D eigenvalue weighted by atomic mass is 10.2. The van der Waals surface area contributed by atoms with E-state index in [1.807, 2.05) is 0 Å². The third-order valence-corrected chi connectivity index (χ3v) is 5.36. The van der Waals surface area contributed by atoms with E-state index in [-0.39, 0.29) is 18.0 Å². The number of sulfonamides is 1. The number of aliphatic hydroxyl groups is 1. The molecule has 0 aromatic heterocycles. The van der Waals surface area contributed by atoms with Crippen molar-refractivity contribution in [2.24, 2.45) is 0 Å². The van der Waals surface area contributed by atoms with Crippen molar-refractivity contribution >= 4 is 20.8 Å². The maximum atomic E-state index is 12.0. The van der Waals surface area contributed by atoms with Gasteiger partial charge in [-0.05, 0) is 24.3 Å². The van der Waals surface area contributed by atoms with Gasteiger partial charge in [0.1, 0.15) is 0 Å². The Morgan fingerprint density at radius 1 is 1.29 bits per heavy atom. The quantitative estimate of drug-likeness (QED) is 0.712. The monoisotopic (exact) mass is 329 g/mol. The minimum atomic E-state index is -3.58. The third kappa shape index (κ3) is 6.40. The molecule has 0 aliphatic rings. The van der Waals surface area contributed by atoms with Crippen molar-refractivity contribution in [1.82, 2.24) is 4.72 Å². The summed E-state index contributed by atoms with van der Waals surface area (Å²) >= 11 is 0. The highest BCUT2D eigenvalue weighted by Crippen LogP contribution is 2.09. The molecule has 0 fully saturated rings. The van der Waals surface area contributed by atoms with E-state index in [9.17, 15) is 12.6 Å². The van der Waals surface area contributed by atoms with E-state index in [0.717, 1.165) is 0 Å². The van der Waals surface area contributed by atoms with Gasteiger partial charge in [0.15, 0.2) is 0 Å². The molecule has 5 nitrogen and oxygen atoms in total. The Morgan fingerprint density at radius 2 is 1.95 bits per heavy atom. The van der Waals surface area contributed by atoms with E-state index in [2.05, 4.69) is 16.6 Å². The van der Waals surface area contributed by atoms with Crippen molar-refractivity contribution in [2.45, 2.75) is 18.2 Å². The molecule has 0 bridgehead atoms. The molecule has 1 atom stereocenters. The largest absolute Gasteiger partial charge is 0.395 e. The van der Waals surface area contributed by atoms with Gasteiger partial charge in [-0.2, -0.15) is 0 Å². The summed E-state index contributed by atoms with van der Waals surface area (Å²) in [7, 11) is -4.57. The Labute approximate surface area is 128 Å². The van der Waals surface area contributed by atoms with Gasteiger partial charge in [0.25, 0.3) is 0 Å². The number of nitrogens with one attached hydrogen (secondary N) is 1. The summed E-state index contributed by atoms with van der Waals surface area (Å²) in [6, 6.07) is 6.18. The fourth-order valence-corrected chi connectivity index (χ4v) is 3.23. The molecule has 0 radical (unpaired) electrons. The minimum absolute atomic E-state index is 0.00249. The first kappa shape index (κ1) is 17.9. The molecule has 0 aliphatic carbocycles. The topological polar surface area (TPSA) is 83.5 Å². The molecule has 0 aliphatic heterocycles. The SMILES string of the molecule is CCS(=O)CCNS(=O)(=O)c1ccc(C#CCCO)cc1. The van der Waals surface area contributed by atoms with Crippen molar-refractivity contribution in [2.75, 3.05) is 24.7 Å². The molecule has 0 saturated heterocycles. The zero-order valence-electron chi connectivity index (χ0n) is 11.8. The number of aliphatic hydroxyl groups excluding tert-OH is 1. The first-order chi connectivity index (χ1) is 9.99. The second-order valence-corrected chi connectivity index (χ2v) is 7.76. The maximum Gasteiger partial charge on any atom is 0.240 e. The lowest BCUT2D eigenvalue weighted by molar-refractivity contribution is 0.305. The highest BCUT2D eigenvalue weighted by atomic mass is 32.2.